The molecule has 8 heteroatoms. The van der Waals surface area contributed by atoms with Gasteiger partial charge >= 0.3 is 6.18 Å². The first-order valence-corrected chi connectivity index (χ1v) is 8.57. The molecule has 0 spiro atoms. The van der Waals surface area contributed by atoms with Crippen molar-refractivity contribution in [3.05, 3.63) is 69.6 Å². The number of carbonyl (C=O) groups excluding carboxylic acids is 1. The average Bonchev–Trinajstić information content (AvgIpc) is 2.81. The van der Waals surface area contributed by atoms with Crippen molar-refractivity contribution in [1.82, 2.24) is 0 Å². The van der Waals surface area contributed by atoms with E-state index in [1.807, 2.05) is 0 Å². The summed E-state index contributed by atoms with van der Waals surface area (Å²) >= 11 is 12.3. The molecule has 0 aromatic heterocycles. The molecule has 0 bridgehead atoms. The highest BCUT2D eigenvalue weighted by atomic mass is 35.5. The molecule has 1 saturated heterocycles. The molecule has 1 amide bonds. The van der Waals surface area contributed by atoms with Crippen LogP contribution in [-0.4, -0.2) is 10.2 Å². The van der Waals surface area contributed by atoms with Crippen LogP contribution in [0.15, 0.2) is 53.4 Å². The van der Waals surface area contributed by atoms with Gasteiger partial charge in [-0.1, -0.05) is 53.8 Å². The third kappa shape index (κ3) is 3.89. The van der Waals surface area contributed by atoms with Crippen LogP contribution in [0, 0.1) is 0 Å². The van der Waals surface area contributed by atoms with Crippen LogP contribution in [0.2, 0.25) is 5.02 Å². The summed E-state index contributed by atoms with van der Waals surface area (Å²) in [6.07, 6.45) is -2.88. The van der Waals surface area contributed by atoms with Gasteiger partial charge in [0.05, 0.1) is 16.2 Å². The third-order valence-electron chi connectivity index (χ3n) is 3.40. The van der Waals surface area contributed by atoms with E-state index in [0.717, 1.165) is 23.9 Å². The van der Waals surface area contributed by atoms with Crippen LogP contribution in [0.4, 0.5) is 18.9 Å². The molecule has 2 aromatic carbocycles. The summed E-state index contributed by atoms with van der Waals surface area (Å²) in [6, 6.07) is 11.3. The van der Waals surface area contributed by atoms with E-state index in [2.05, 4.69) is 0 Å². The van der Waals surface area contributed by atoms with Crippen molar-refractivity contribution in [2.75, 3.05) is 4.90 Å². The molecule has 3 rings (SSSR count). The van der Waals surface area contributed by atoms with Gasteiger partial charge in [-0.05, 0) is 42.0 Å². The first-order chi connectivity index (χ1) is 11.8. The number of thioether (sulfide) groups is 1. The smallest absolute Gasteiger partial charge is 0.268 e. The van der Waals surface area contributed by atoms with E-state index in [9.17, 15) is 18.0 Å². The number of hydrogen-bond donors (Lipinski definition) is 0. The predicted octanol–water partition coefficient (Wildman–Crippen LogP) is 5.76. The van der Waals surface area contributed by atoms with Gasteiger partial charge in [0.1, 0.15) is 0 Å². The number of thiocarbonyl (C=S) groups is 1. The van der Waals surface area contributed by atoms with Crippen molar-refractivity contribution in [2.45, 2.75) is 6.18 Å². The Labute approximate surface area is 156 Å². The third-order valence-corrected chi connectivity index (χ3v) is 4.93. The lowest BCUT2D eigenvalue weighted by atomic mass is 10.1. The van der Waals surface area contributed by atoms with Crippen LogP contribution in [-0.2, 0) is 11.0 Å². The Morgan fingerprint density at radius 3 is 2.40 bits per heavy atom. The van der Waals surface area contributed by atoms with E-state index >= 15 is 0 Å². The predicted molar refractivity (Wildman–Crippen MR) is 98.5 cm³/mol. The quantitative estimate of drug-likeness (QED) is 0.472. The molecule has 0 unspecified atom stereocenters. The molecule has 25 heavy (non-hydrogen) atoms. The highest BCUT2D eigenvalue weighted by molar-refractivity contribution is 8.27. The van der Waals surface area contributed by atoms with Gasteiger partial charge in [-0.3, -0.25) is 9.69 Å². The molecule has 0 aliphatic carbocycles. The minimum atomic E-state index is -4.39. The zero-order chi connectivity index (χ0) is 18.2. The standard InChI is InChI=1S/C17H9ClF3NOS2/c18-12-2-1-3-13(9-12)22-15(23)14(25-16(22)24)8-10-4-6-11(7-5-10)17(19,20)21/h1-9H/b14-8+. The number of amides is 1. The Balaban J connectivity index is 1.88. The Hall–Kier alpha value is -1.83. The molecule has 0 saturated carbocycles. The van der Waals surface area contributed by atoms with E-state index in [-0.39, 0.29) is 5.91 Å². The maximum Gasteiger partial charge on any atom is 0.416 e. The average molecular weight is 400 g/mol. The lowest BCUT2D eigenvalue weighted by molar-refractivity contribution is -0.137. The van der Waals surface area contributed by atoms with Crippen LogP contribution < -0.4 is 4.90 Å². The van der Waals surface area contributed by atoms with Gasteiger partial charge in [0.2, 0.25) is 0 Å². The van der Waals surface area contributed by atoms with Gasteiger partial charge in [0, 0.05) is 5.02 Å². The minimum Gasteiger partial charge on any atom is -0.268 e. The number of rotatable bonds is 2. The fourth-order valence-corrected chi connectivity index (χ4v) is 3.71. The number of nitrogens with zero attached hydrogens (tertiary/aromatic N) is 1. The van der Waals surface area contributed by atoms with Crippen LogP contribution in [0.3, 0.4) is 0 Å². The Kier molecular flexibility index (Phi) is 4.90. The molecule has 2 aromatic rings. The second kappa shape index (κ2) is 6.82. The van der Waals surface area contributed by atoms with Crippen molar-refractivity contribution >= 4 is 57.6 Å². The minimum absolute atomic E-state index is 0.336. The summed E-state index contributed by atoms with van der Waals surface area (Å²) in [5, 5.41) is 0.471. The topological polar surface area (TPSA) is 20.3 Å². The second-order valence-corrected chi connectivity index (χ2v) is 7.23. The largest absolute Gasteiger partial charge is 0.416 e. The number of anilines is 1. The molecule has 0 atom stereocenters. The molecule has 1 aliphatic heterocycles. The second-order valence-electron chi connectivity index (χ2n) is 5.12. The van der Waals surface area contributed by atoms with E-state index < -0.39 is 11.7 Å². The van der Waals surface area contributed by atoms with Gasteiger partial charge < -0.3 is 0 Å². The van der Waals surface area contributed by atoms with Gasteiger partial charge in [-0.25, -0.2) is 0 Å². The SMILES string of the molecule is O=C1/C(=C\c2ccc(C(F)(F)F)cc2)SC(=S)N1c1cccc(Cl)c1. The van der Waals surface area contributed by atoms with Crippen molar-refractivity contribution < 1.29 is 18.0 Å². The van der Waals surface area contributed by atoms with E-state index in [1.54, 1.807) is 24.3 Å². The highest BCUT2D eigenvalue weighted by Crippen LogP contribution is 2.37. The number of benzene rings is 2. The van der Waals surface area contributed by atoms with Gasteiger partial charge in [0.15, 0.2) is 4.32 Å². The number of alkyl halides is 3. The first-order valence-electron chi connectivity index (χ1n) is 6.96. The van der Waals surface area contributed by atoms with Crippen LogP contribution in [0.1, 0.15) is 11.1 Å². The van der Waals surface area contributed by atoms with E-state index in [0.29, 0.717) is 25.5 Å². The fourth-order valence-electron chi connectivity index (χ4n) is 2.23. The molecule has 1 fully saturated rings. The summed E-state index contributed by atoms with van der Waals surface area (Å²) in [7, 11) is 0. The number of hydrogen-bond acceptors (Lipinski definition) is 3. The zero-order valence-electron chi connectivity index (χ0n) is 12.4. The summed E-state index contributed by atoms with van der Waals surface area (Å²) in [5.74, 6) is -0.336. The van der Waals surface area contributed by atoms with Crippen molar-refractivity contribution in [3.8, 4) is 0 Å². The van der Waals surface area contributed by atoms with Gasteiger partial charge in [0.25, 0.3) is 5.91 Å². The van der Waals surface area contributed by atoms with E-state index in [1.165, 1.54) is 23.1 Å². The molecule has 2 nitrogen and oxygen atoms in total. The fraction of sp³-hybridized carbons (Fsp3) is 0.0588. The Bertz CT molecular complexity index is 878. The summed E-state index contributed by atoms with van der Waals surface area (Å²) in [5.41, 5.74) is 0.293. The van der Waals surface area contributed by atoms with Crippen molar-refractivity contribution in [2.24, 2.45) is 0 Å². The Morgan fingerprint density at radius 1 is 1.12 bits per heavy atom. The number of halogens is 4. The molecule has 1 aliphatic rings. The van der Waals surface area contributed by atoms with Crippen molar-refractivity contribution in [3.63, 3.8) is 0 Å². The van der Waals surface area contributed by atoms with Crippen LogP contribution >= 0.6 is 35.6 Å². The van der Waals surface area contributed by atoms with Crippen LogP contribution in [0.25, 0.3) is 6.08 Å². The van der Waals surface area contributed by atoms with Gasteiger partial charge in [-0.2, -0.15) is 13.2 Å². The maximum atomic E-state index is 12.6. The molecule has 1 heterocycles. The summed E-state index contributed by atoms with van der Waals surface area (Å²) < 4.78 is 38.1. The zero-order valence-corrected chi connectivity index (χ0v) is 14.8. The van der Waals surface area contributed by atoms with Gasteiger partial charge in [-0.15, -0.1) is 0 Å². The first kappa shape index (κ1) is 18.0. The monoisotopic (exact) mass is 399 g/mol. The maximum absolute atomic E-state index is 12.6. The van der Waals surface area contributed by atoms with Crippen LogP contribution in [0.5, 0.6) is 0 Å². The van der Waals surface area contributed by atoms with Crippen molar-refractivity contribution in [1.29, 1.82) is 0 Å². The van der Waals surface area contributed by atoms with E-state index in [4.69, 9.17) is 23.8 Å². The normalized spacial score (nSPS) is 16.8. The highest BCUT2D eigenvalue weighted by Gasteiger charge is 2.33. The summed E-state index contributed by atoms with van der Waals surface area (Å²) in [6.45, 7) is 0. The molecule has 0 radical (unpaired) electrons. The lowest BCUT2D eigenvalue weighted by Crippen LogP contribution is -2.27. The lowest BCUT2D eigenvalue weighted by Gasteiger charge is -2.14. The number of carbonyl (C=O) groups is 1. The summed E-state index contributed by atoms with van der Waals surface area (Å²) in [4.78, 5) is 14.3. The molecule has 128 valence electrons. The molecular weight excluding hydrogens is 391 g/mol. The Morgan fingerprint density at radius 2 is 1.80 bits per heavy atom. The molecule has 0 N–H and O–H groups in total. The molecular formula is C17H9ClF3NOS2.